The molecule has 0 bridgehead atoms. The first-order valence-corrected chi connectivity index (χ1v) is 23.2. The molecule has 5 heterocycles. The first kappa shape index (κ1) is 42.7. The Bertz CT molecular complexity index is 2630. The standard InChI is InChI=1S/C46H54N8O8S/c1-29(2)36-6-4-5-7-37(36)40-26-61-17-16-53(40)33-21-46(22-33)27-52(28-46)32-8-9-38(41(19-32)62-34-18-31-12-15-47-42(31)49-24-34)44(55)51-63(59,60)35-20-39(54(57)58)43(50-25-35)48-23-30-10-13-45(3,56)14-11-30/h4-9,12,15,18-20,24-25,29-30,33,40,56H,10-11,13-14,16-17,21-23,26-28H2,1-3H3,(H,47,49)(H,48,50)(H,51,55)/t30?,40-,45?/m0/s1. The second kappa shape index (κ2) is 16.8. The Morgan fingerprint density at radius 3 is 2.62 bits per heavy atom. The van der Waals surface area contributed by atoms with E-state index in [4.69, 9.17) is 9.47 Å². The number of nitrogens with one attached hydrogen (secondary N) is 3. The molecule has 17 heteroatoms. The van der Waals surface area contributed by atoms with Crippen molar-refractivity contribution >= 4 is 44.2 Å². The molecular weight excluding hydrogens is 825 g/mol. The second-order valence-corrected chi connectivity index (χ2v) is 20.1. The van der Waals surface area contributed by atoms with Crippen molar-refractivity contribution < 1.29 is 32.7 Å². The minimum Gasteiger partial charge on any atom is -0.455 e. The number of nitro groups is 1. The Labute approximate surface area is 366 Å². The van der Waals surface area contributed by atoms with E-state index in [9.17, 15) is 28.4 Å². The summed E-state index contributed by atoms with van der Waals surface area (Å²) in [6, 6.07) is 19.0. The van der Waals surface area contributed by atoms with Gasteiger partial charge in [0.2, 0.25) is 5.82 Å². The molecule has 1 atom stereocenters. The molecule has 4 N–H and O–H groups in total. The molecule has 4 aliphatic rings. The third-order valence-electron chi connectivity index (χ3n) is 13.5. The fraction of sp³-hybridized carbons (Fsp3) is 0.457. The van der Waals surface area contributed by atoms with E-state index in [1.54, 1.807) is 31.3 Å². The van der Waals surface area contributed by atoms with Crippen molar-refractivity contribution in [2.75, 3.05) is 49.6 Å². The van der Waals surface area contributed by atoms with Gasteiger partial charge in [-0.2, -0.15) is 0 Å². The molecule has 3 aromatic heterocycles. The van der Waals surface area contributed by atoms with Gasteiger partial charge in [-0.3, -0.25) is 19.8 Å². The Kier molecular flexibility index (Phi) is 11.4. The van der Waals surface area contributed by atoms with Gasteiger partial charge in [0.15, 0.2) is 0 Å². The maximum Gasteiger partial charge on any atom is 0.312 e. The molecule has 0 radical (unpaired) electrons. The van der Waals surface area contributed by atoms with Crippen LogP contribution in [-0.4, -0.2) is 95.2 Å². The van der Waals surface area contributed by atoms with E-state index in [0.29, 0.717) is 49.3 Å². The summed E-state index contributed by atoms with van der Waals surface area (Å²) < 4.78 is 41.8. The van der Waals surface area contributed by atoms with E-state index in [-0.39, 0.29) is 34.5 Å². The van der Waals surface area contributed by atoms with Crippen molar-refractivity contribution in [3.05, 3.63) is 106 Å². The summed E-state index contributed by atoms with van der Waals surface area (Å²) in [5, 5.41) is 26.2. The first-order chi connectivity index (χ1) is 30.2. The predicted molar refractivity (Wildman–Crippen MR) is 238 cm³/mol. The number of aliphatic hydroxyl groups is 1. The van der Waals surface area contributed by atoms with Crippen molar-refractivity contribution in [3.63, 3.8) is 0 Å². The summed E-state index contributed by atoms with van der Waals surface area (Å²) in [6.45, 7) is 10.6. The van der Waals surface area contributed by atoms with Crippen molar-refractivity contribution in [2.24, 2.45) is 11.3 Å². The van der Waals surface area contributed by atoms with Crippen LogP contribution in [0, 0.1) is 21.4 Å². The molecule has 4 fully saturated rings. The summed E-state index contributed by atoms with van der Waals surface area (Å²) in [4.78, 5) is 41.2. The zero-order valence-corrected chi connectivity index (χ0v) is 36.6. The average Bonchev–Trinajstić information content (AvgIpc) is 3.70. The topological polar surface area (TPSA) is 205 Å². The summed E-state index contributed by atoms with van der Waals surface area (Å²) in [7, 11) is -4.63. The minimum absolute atomic E-state index is 0.0531. The summed E-state index contributed by atoms with van der Waals surface area (Å²) >= 11 is 0. The number of fused-ring (bicyclic) bond motifs is 1. The number of nitrogens with zero attached hydrogens (tertiary/aromatic N) is 5. The normalized spacial score (nSPS) is 22.7. The lowest BCUT2D eigenvalue weighted by Gasteiger charge is -2.63. The molecule has 2 saturated carbocycles. The van der Waals surface area contributed by atoms with Crippen molar-refractivity contribution in [1.82, 2.24) is 24.6 Å². The molecule has 2 aliphatic heterocycles. The molecular formula is C46H54N8O8S. The molecule has 332 valence electrons. The van der Waals surface area contributed by atoms with E-state index in [0.717, 1.165) is 75.3 Å². The summed E-state index contributed by atoms with van der Waals surface area (Å²) in [5.74, 6) is -0.00860. The number of ether oxygens (including phenoxy) is 2. The predicted octanol–water partition coefficient (Wildman–Crippen LogP) is 7.30. The molecule has 9 rings (SSSR count). The number of amides is 1. The third-order valence-corrected chi connectivity index (χ3v) is 14.8. The summed E-state index contributed by atoms with van der Waals surface area (Å²) in [5.41, 5.74) is 3.05. The second-order valence-electron chi connectivity index (χ2n) is 18.5. The Morgan fingerprint density at radius 2 is 1.86 bits per heavy atom. The number of aromatic amines is 1. The number of hydrogen-bond donors (Lipinski definition) is 4. The van der Waals surface area contributed by atoms with Crippen LogP contribution in [0.25, 0.3) is 11.0 Å². The Hall–Kier alpha value is -5.62. The van der Waals surface area contributed by atoms with Crippen LogP contribution < -0.4 is 19.7 Å². The van der Waals surface area contributed by atoms with Crippen LogP contribution in [0.1, 0.15) is 92.7 Å². The highest BCUT2D eigenvalue weighted by Crippen LogP contribution is 2.53. The highest BCUT2D eigenvalue weighted by molar-refractivity contribution is 7.90. The zero-order chi connectivity index (χ0) is 44.1. The fourth-order valence-corrected chi connectivity index (χ4v) is 10.9. The number of anilines is 2. The molecule has 0 unspecified atom stereocenters. The number of morpholine rings is 1. The molecule has 5 aromatic rings. The maximum absolute atomic E-state index is 13.9. The number of aromatic nitrogens is 3. The van der Waals surface area contributed by atoms with Gasteiger partial charge in [0.25, 0.3) is 15.9 Å². The van der Waals surface area contributed by atoms with Crippen molar-refractivity contribution in [3.8, 4) is 11.5 Å². The largest absolute Gasteiger partial charge is 0.455 e. The summed E-state index contributed by atoms with van der Waals surface area (Å²) in [6.07, 6.45) is 9.11. The molecule has 2 saturated heterocycles. The van der Waals surface area contributed by atoms with Crippen LogP contribution in [0.2, 0.25) is 0 Å². The number of rotatable bonds is 13. The lowest BCUT2D eigenvalue weighted by Crippen LogP contribution is -2.67. The van der Waals surface area contributed by atoms with Gasteiger partial charge in [0, 0.05) is 67.0 Å². The molecule has 2 aromatic carbocycles. The van der Waals surface area contributed by atoms with Gasteiger partial charge in [-0.15, -0.1) is 0 Å². The Morgan fingerprint density at radius 1 is 1.08 bits per heavy atom. The van der Waals surface area contributed by atoms with Crippen LogP contribution in [0.5, 0.6) is 11.5 Å². The number of sulfonamides is 1. The number of pyridine rings is 2. The number of carbonyl (C=O) groups excluding carboxylic acids is 1. The fourth-order valence-electron chi connectivity index (χ4n) is 9.96. The maximum atomic E-state index is 13.9. The van der Waals surface area contributed by atoms with E-state index >= 15 is 0 Å². The van der Waals surface area contributed by atoms with Crippen molar-refractivity contribution in [1.29, 1.82) is 0 Å². The van der Waals surface area contributed by atoms with Crippen LogP contribution in [0.4, 0.5) is 17.2 Å². The van der Waals surface area contributed by atoms with Gasteiger partial charge in [0.1, 0.15) is 22.0 Å². The monoisotopic (exact) mass is 878 g/mol. The number of hydrogen-bond acceptors (Lipinski definition) is 13. The quantitative estimate of drug-likeness (QED) is 0.0678. The SMILES string of the molecule is CC(C)c1ccccc1[C@@H]1COCCN1C1CC2(C1)CN(c1ccc(C(=O)NS(=O)(=O)c3cnc(NCC4CCC(C)(O)CC4)c([N+](=O)[O-])c3)c(Oc3cnc4[nH]ccc4c3)c1)C2. The van der Waals surface area contributed by atoms with Crippen LogP contribution >= 0.6 is 0 Å². The molecule has 16 nitrogen and oxygen atoms in total. The molecule has 63 heavy (non-hydrogen) atoms. The van der Waals surface area contributed by atoms with E-state index in [2.05, 4.69) is 72.9 Å². The van der Waals surface area contributed by atoms with E-state index in [1.165, 1.54) is 23.4 Å². The highest BCUT2D eigenvalue weighted by atomic mass is 32.2. The molecule has 2 aliphatic carbocycles. The van der Waals surface area contributed by atoms with E-state index < -0.39 is 37.0 Å². The average molecular weight is 879 g/mol. The zero-order valence-electron chi connectivity index (χ0n) is 35.7. The Balaban J connectivity index is 0.906. The van der Waals surface area contributed by atoms with Gasteiger partial charge in [-0.1, -0.05) is 38.1 Å². The van der Waals surface area contributed by atoms with Gasteiger partial charge in [-0.05, 0) is 92.7 Å². The van der Waals surface area contributed by atoms with E-state index in [1.807, 2.05) is 6.07 Å². The van der Waals surface area contributed by atoms with Gasteiger partial charge in [0.05, 0.1) is 47.7 Å². The van der Waals surface area contributed by atoms with Crippen LogP contribution in [0.3, 0.4) is 0 Å². The number of H-pyrrole nitrogens is 1. The first-order valence-electron chi connectivity index (χ1n) is 21.8. The molecule has 1 amide bonds. The number of benzene rings is 2. The highest BCUT2D eigenvalue weighted by Gasteiger charge is 2.55. The minimum atomic E-state index is -4.63. The van der Waals surface area contributed by atoms with Crippen LogP contribution in [0.15, 0.2) is 84.1 Å². The van der Waals surface area contributed by atoms with Crippen molar-refractivity contribution in [2.45, 2.75) is 87.8 Å². The van der Waals surface area contributed by atoms with Crippen LogP contribution in [-0.2, 0) is 14.8 Å². The van der Waals surface area contributed by atoms with Gasteiger partial charge < -0.3 is 29.8 Å². The lowest BCUT2D eigenvalue weighted by atomic mass is 9.59. The lowest BCUT2D eigenvalue weighted by molar-refractivity contribution is -0.384. The van der Waals surface area contributed by atoms with Gasteiger partial charge in [-0.25, -0.2) is 23.1 Å². The number of carbonyl (C=O) groups is 1. The smallest absolute Gasteiger partial charge is 0.312 e. The molecule has 1 spiro atoms. The third kappa shape index (κ3) is 8.83. The van der Waals surface area contributed by atoms with Gasteiger partial charge >= 0.3 is 5.69 Å².